The minimum Gasteiger partial charge on any atom is -0.356 e. The van der Waals surface area contributed by atoms with Gasteiger partial charge in [0.15, 0.2) is 0 Å². The molecule has 0 spiro atoms. The van der Waals surface area contributed by atoms with Gasteiger partial charge in [0.2, 0.25) is 0 Å². The van der Waals surface area contributed by atoms with Gasteiger partial charge in [0.25, 0.3) is 11.8 Å². The maximum atomic E-state index is 12.9. The molecule has 2 aromatic rings. The average molecular weight is 389 g/mol. The van der Waals surface area contributed by atoms with Gasteiger partial charge in [-0.05, 0) is 49.8 Å². The number of amides is 2. The first-order valence-corrected chi connectivity index (χ1v) is 9.69. The molecule has 2 aromatic heterocycles. The summed E-state index contributed by atoms with van der Waals surface area (Å²) < 4.78 is 0. The van der Waals surface area contributed by atoms with Gasteiger partial charge in [-0.1, -0.05) is 18.5 Å². The number of aromatic nitrogens is 2. The molecule has 0 bridgehead atoms. The van der Waals surface area contributed by atoms with E-state index in [0.29, 0.717) is 35.2 Å². The van der Waals surface area contributed by atoms with Gasteiger partial charge in [0.1, 0.15) is 5.69 Å². The molecule has 2 atom stereocenters. The summed E-state index contributed by atoms with van der Waals surface area (Å²) in [7, 11) is 0. The predicted octanol–water partition coefficient (Wildman–Crippen LogP) is 3.43. The topological polar surface area (TPSA) is 78.1 Å². The van der Waals surface area contributed by atoms with Crippen LogP contribution in [0.25, 0.3) is 0 Å². The molecular weight excluding hydrogens is 364 g/mol. The Labute approximate surface area is 164 Å². The number of aromatic amines is 1. The Hall–Kier alpha value is -2.34. The van der Waals surface area contributed by atoms with Crippen LogP contribution in [0.15, 0.2) is 30.7 Å². The van der Waals surface area contributed by atoms with E-state index in [-0.39, 0.29) is 17.9 Å². The van der Waals surface area contributed by atoms with Crippen molar-refractivity contribution in [2.45, 2.75) is 39.2 Å². The zero-order valence-corrected chi connectivity index (χ0v) is 16.4. The Morgan fingerprint density at radius 2 is 2.26 bits per heavy atom. The van der Waals surface area contributed by atoms with E-state index in [2.05, 4.69) is 22.2 Å². The lowest BCUT2D eigenvalue weighted by Gasteiger charge is -2.40. The van der Waals surface area contributed by atoms with E-state index >= 15 is 0 Å². The van der Waals surface area contributed by atoms with Crippen molar-refractivity contribution in [1.82, 2.24) is 20.2 Å². The number of carbonyl (C=O) groups is 2. The molecule has 3 rings (SSSR count). The standard InChI is InChI=1S/C20H25ClN4O2/c1-13-5-7-22-12-16(13)19(26)23-8-6-18-14(2)4-3-9-25(18)20(27)17-10-15(21)11-24-17/h5,7,10-12,14,18,24H,3-4,6,8-9H2,1-2H3,(H,23,26). The summed E-state index contributed by atoms with van der Waals surface area (Å²) in [5.41, 5.74) is 1.99. The van der Waals surface area contributed by atoms with Gasteiger partial charge in [-0.2, -0.15) is 0 Å². The number of nitrogens with zero attached hydrogens (tertiary/aromatic N) is 2. The monoisotopic (exact) mass is 388 g/mol. The highest BCUT2D eigenvalue weighted by Crippen LogP contribution is 2.27. The average Bonchev–Trinajstić information content (AvgIpc) is 3.09. The van der Waals surface area contributed by atoms with Gasteiger partial charge in [-0.15, -0.1) is 0 Å². The first-order valence-electron chi connectivity index (χ1n) is 9.31. The zero-order valence-electron chi connectivity index (χ0n) is 15.7. The van der Waals surface area contributed by atoms with Crippen LogP contribution < -0.4 is 5.32 Å². The normalized spacial score (nSPS) is 19.7. The summed E-state index contributed by atoms with van der Waals surface area (Å²) in [6.45, 7) is 5.29. The summed E-state index contributed by atoms with van der Waals surface area (Å²) in [6.07, 6.45) is 7.65. The number of hydrogen-bond donors (Lipinski definition) is 2. The fourth-order valence-electron chi connectivity index (χ4n) is 3.72. The van der Waals surface area contributed by atoms with Crippen LogP contribution in [-0.4, -0.2) is 45.8 Å². The van der Waals surface area contributed by atoms with Crippen molar-refractivity contribution >= 4 is 23.4 Å². The third kappa shape index (κ3) is 4.50. The zero-order chi connectivity index (χ0) is 19.4. The minimum atomic E-state index is -0.127. The maximum absolute atomic E-state index is 12.9. The van der Waals surface area contributed by atoms with Crippen molar-refractivity contribution in [3.8, 4) is 0 Å². The van der Waals surface area contributed by atoms with Gasteiger partial charge >= 0.3 is 0 Å². The van der Waals surface area contributed by atoms with Gasteiger partial charge in [-0.3, -0.25) is 14.6 Å². The molecule has 0 aliphatic carbocycles. The Bertz CT molecular complexity index is 820. The smallest absolute Gasteiger partial charge is 0.270 e. The van der Waals surface area contributed by atoms with Crippen LogP contribution in [-0.2, 0) is 0 Å². The minimum absolute atomic E-state index is 0.0344. The molecule has 3 heterocycles. The van der Waals surface area contributed by atoms with Crippen LogP contribution in [0.2, 0.25) is 5.02 Å². The summed E-state index contributed by atoms with van der Waals surface area (Å²) in [5.74, 6) is 0.219. The first kappa shape index (κ1) is 19.4. The van der Waals surface area contributed by atoms with Crippen molar-refractivity contribution < 1.29 is 9.59 Å². The molecular formula is C20H25ClN4O2. The van der Waals surface area contributed by atoms with Crippen LogP contribution in [0.4, 0.5) is 0 Å². The molecule has 0 aromatic carbocycles. The second kappa shape index (κ2) is 8.57. The number of likely N-dealkylation sites (tertiary alicyclic amines) is 1. The van der Waals surface area contributed by atoms with E-state index in [0.717, 1.165) is 24.9 Å². The third-order valence-electron chi connectivity index (χ3n) is 5.26. The van der Waals surface area contributed by atoms with E-state index < -0.39 is 0 Å². The fraction of sp³-hybridized carbons (Fsp3) is 0.450. The molecule has 0 saturated carbocycles. The molecule has 144 valence electrons. The molecule has 2 amide bonds. The highest BCUT2D eigenvalue weighted by molar-refractivity contribution is 6.30. The maximum Gasteiger partial charge on any atom is 0.270 e. The Morgan fingerprint density at radius 3 is 2.96 bits per heavy atom. The molecule has 1 aliphatic rings. The lowest BCUT2D eigenvalue weighted by atomic mass is 9.88. The highest BCUT2D eigenvalue weighted by Gasteiger charge is 2.32. The summed E-state index contributed by atoms with van der Waals surface area (Å²) in [5, 5.41) is 3.49. The molecule has 1 saturated heterocycles. The second-order valence-corrected chi connectivity index (χ2v) is 7.59. The van der Waals surface area contributed by atoms with E-state index in [4.69, 9.17) is 11.6 Å². The lowest BCUT2D eigenvalue weighted by molar-refractivity contribution is 0.0494. The highest BCUT2D eigenvalue weighted by atomic mass is 35.5. The quantitative estimate of drug-likeness (QED) is 0.823. The van der Waals surface area contributed by atoms with Crippen LogP contribution in [0, 0.1) is 12.8 Å². The number of nitrogens with one attached hydrogen (secondary N) is 2. The Balaban J connectivity index is 1.63. The third-order valence-corrected chi connectivity index (χ3v) is 5.48. The Kier molecular flexibility index (Phi) is 6.16. The van der Waals surface area contributed by atoms with Crippen LogP contribution in [0.1, 0.15) is 52.6 Å². The van der Waals surface area contributed by atoms with Gasteiger partial charge in [0, 0.05) is 37.7 Å². The van der Waals surface area contributed by atoms with Gasteiger partial charge < -0.3 is 15.2 Å². The molecule has 27 heavy (non-hydrogen) atoms. The van der Waals surface area contributed by atoms with Crippen molar-refractivity contribution in [1.29, 1.82) is 0 Å². The fourth-order valence-corrected chi connectivity index (χ4v) is 3.88. The molecule has 1 fully saturated rings. The van der Waals surface area contributed by atoms with Crippen molar-refractivity contribution in [3.05, 3.63) is 52.6 Å². The van der Waals surface area contributed by atoms with E-state index in [9.17, 15) is 9.59 Å². The van der Waals surface area contributed by atoms with Crippen molar-refractivity contribution in [2.75, 3.05) is 13.1 Å². The predicted molar refractivity (Wildman–Crippen MR) is 105 cm³/mol. The molecule has 2 unspecified atom stereocenters. The number of aryl methyl sites for hydroxylation is 1. The number of halogens is 1. The number of H-pyrrole nitrogens is 1. The SMILES string of the molecule is Cc1ccncc1C(=O)NCCC1C(C)CCCN1C(=O)c1cc(Cl)c[nH]1. The largest absolute Gasteiger partial charge is 0.356 e. The van der Waals surface area contributed by atoms with E-state index in [1.807, 2.05) is 17.9 Å². The molecule has 7 heteroatoms. The molecule has 6 nitrogen and oxygen atoms in total. The molecule has 0 radical (unpaired) electrons. The van der Waals surface area contributed by atoms with Crippen molar-refractivity contribution in [3.63, 3.8) is 0 Å². The van der Waals surface area contributed by atoms with Crippen LogP contribution in [0.3, 0.4) is 0 Å². The summed E-state index contributed by atoms with van der Waals surface area (Å²) in [4.78, 5) is 34.1. The summed E-state index contributed by atoms with van der Waals surface area (Å²) >= 11 is 5.94. The number of piperidine rings is 1. The van der Waals surface area contributed by atoms with Gasteiger partial charge in [-0.25, -0.2) is 0 Å². The lowest BCUT2D eigenvalue weighted by Crippen LogP contribution is -2.49. The van der Waals surface area contributed by atoms with Crippen molar-refractivity contribution in [2.24, 2.45) is 5.92 Å². The number of rotatable bonds is 5. The van der Waals surface area contributed by atoms with E-state index in [1.54, 1.807) is 24.7 Å². The number of hydrogen-bond acceptors (Lipinski definition) is 3. The molecule has 2 N–H and O–H groups in total. The Morgan fingerprint density at radius 1 is 1.44 bits per heavy atom. The number of pyridine rings is 1. The summed E-state index contributed by atoms with van der Waals surface area (Å²) in [6, 6.07) is 3.57. The van der Waals surface area contributed by atoms with E-state index in [1.165, 1.54) is 0 Å². The van der Waals surface area contributed by atoms with Gasteiger partial charge in [0.05, 0.1) is 10.6 Å². The van der Waals surface area contributed by atoms with Crippen LogP contribution in [0.5, 0.6) is 0 Å². The second-order valence-electron chi connectivity index (χ2n) is 7.15. The first-order chi connectivity index (χ1) is 13.0. The van der Waals surface area contributed by atoms with Crippen LogP contribution >= 0.6 is 11.6 Å². The molecule has 1 aliphatic heterocycles. The number of carbonyl (C=O) groups excluding carboxylic acids is 2.